The van der Waals surface area contributed by atoms with Crippen LogP contribution in [0, 0.1) is 13.8 Å². The third kappa shape index (κ3) is 12.4. The van der Waals surface area contributed by atoms with Crippen LogP contribution in [-0.4, -0.2) is 4.90 Å². The van der Waals surface area contributed by atoms with Crippen LogP contribution < -0.4 is 0 Å². The summed E-state index contributed by atoms with van der Waals surface area (Å²) in [6.45, 7) is 47.5. The van der Waals surface area contributed by atoms with E-state index in [1.165, 1.54) is 55.6 Å². The molecule has 0 spiro atoms. The summed E-state index contributed by atoms with van der Waals surface area (Å²) in [5.74, 6) is 0. The quantitative estimate of drug-likeness (QED) is 0.102. The zero-order valence-electron chi connectivity index (χ0n) is 39.2. The maximum atomic E-state index is 4.33. The maximum Gasteiger partial charge on any atom is 0.0378 e. The highest BCUT2D eigenvalue weighted by Crippen LogP contribution is 2.42. The molecule has 0 bridgehead atoms. The van der Waals surface area contributed by atoms with Gasteiger partial charge in [-0.3, -0.25) is 0 Å². The highest BCUT2D eigenvalue weighted by atomic mass is 15.1. The van der Waals surface area contributed by atoms with E-state index in [0.717, 1.165) is 45.5 Å². The molecular formula is C59H73N. The van der Waals surface area contributed by atoms with Crippen molar-refractivity contribution in [3.8, 4) is 22.3 Å². The molecule has 0 amide bonds. The Morgan fingerprint density at radius 2 is 1.30 bits per heavy atom. The monoisotopic (exact) mass is 796 g/mol. The van der Waals surface area contributed by atoms with E-state index in [-0.39, 0.29) is 0 Å². The van der Waals surface area contributed by atoms with Crippen LogP contribution in [0.15, 0.2) is 155 Å². The predicted molar refractivity (Wildman–Crippen MR) is 278 cm³/mol. The van der Waals surface area contributed by atoms with Crippen LogP contribution in [0.25, 0.3) is 63.8 Å². The molecule has 0 radical (unpaired) electrons. The molecule has 0 aromatic heterocycles. The van der Waals surface area contributed by atoms with Gasteiger partial charge in [0.05, 0.1) is 0 Å². The molecule has 0 saturated carbocycles. The van der Waals surface area contributed by atoms with E-state index in [2.05, 4.69) is 195 Å². The predicted octanol–water partition coefficient (Wildman–Crippen LogP) is 18.4. The molecule has 0 saturated heterocycles. The first-order valence-corrected chi connectivity index (χ1v) is 21.6. The first kappa shape index (κ1) is 51.8. The molecule has 60 heavy (non-hydrogen) atoms. The van der Waals surface area contributed by atoms with Gasteiger partial charge in [0.1, 0.15) is 0 Å². The van der Waals surface area contributed by atoms with E-state index >= 15 is 0 Å². The molecule has 4 aromatic carbocycles. The molecular weight excluding hydrogens is 723 g/mol. The Morgan fingerprint density at radius 1 is 0.683 bits per heavy atom. The van der Waals surface area contributed by atoms with Crippen LogP contribution >= 0.6 is 0 Å². The molecule has 1 aliphatic rings. The summed E-state index contributed by atoms with van der Waals surface area (Å²) in [6, 6.07) is 22.1. The second kappa shape index (κ2) is 27.5. The third-order valence-electron chi connectivity index (χ3n) is 9.84. The van der Waals surface area contributed by atoms with Crippen molar-refractivity contribution in [3.63, 3.8) is 0 Å². The van der Waals surface area contributed by atoms with Crippen LogP contribution in [0.3, 0.4) is 0 Å². The molecule has 0 unspecified atom stereocenters. The zero-order chi connectivity index (χ0) is 45.4. The largest absolute Gasteiger partial charge is 0.324 e. The van der Waals surface area contributed by atoms with Gasteiger partial charge in [-0.15, -0.1) is 13.2 Å². The number of allylic oxidation sites excluding steroid dienone is 8. The molecule has 1 heterocycles. The van der Waals surface area contributed by atoms with E-state index in [0.29, 0.717) is 0 Å². The van der Waals surface area contributed by atoms with Crippen LogP contribution in [0.2, 0.25) is 0 Å². The topological polar surface area (TPSA) is 3.24 Å². The van der Waals surface area contributed by atoms with Gasteiger partial charge < -0.3 is 4.90 Å². The highest BCUT2D eigenvalue weighted by molar-refractivity contribution is 5.92. The van der Waals surface area contributed by atoms with Crippen LogP contribution in [-0.2, 0) is 6.42 Å². The lowest BCUT2D eigenvalue weighted by atomic mass is 9.80. The fraction of sp³-hybridized carbons (Fsp3) is 0.220. The van der Waals surface area contributed by atoms with E-state index in [1.807, 2.05) is 72.8 Å². The van der Waals surface area contributed by atoms with E-state index < -0.39 is 0 Å². The van der Waals surface area contributed by atoms with Crippen molar-refractivity contribution >= 4 is 41.5 Å². The van der Waals surface area contributed by atoms with Crippen molar-refractivity contribution < 1.29 is 0 Å². The van der Waals surface area contributed by atoms with E-state index in [9.17, 15) is 0 Å². The van der Waals surface area contributed by atoms with Crippen LogP contribution in [0.1, 0.15) is 125 Å². The standard InChI is InChI=1S/C51H51N.3C2H6.C2H4/c1-11-17-21-40-28-31-43(32-35(40)7)51-45(15-5)38(10)50(49(20-13-3)46(51)16-6)42-29-26-41(27-30-42)36(8)33-52-34-44(25-24-37(52)9)48-23-18-22-39(14-4)47(48)19-12-2;4*1-2/h11-15,17-34H,1,4-5,9,16H2,2-3,6-8,10H3;3*1-2H3;1-2H2/b19-12-,20-13-,21-17-,36-33+;;;;. The molecule has 0 N–H and O–H groups in total. The van der Waals surface area contributed by atoms with Gasteiger partial charge in [0.25, 0.3) is 0 Å². The zero-order valence-corrected chi connectivity index (χ0v) is 39.2. The summed E-state index contributed by atoms with van der Waals surface area (Å²) >= 11 is 0. The Kier molecular flexibility index (Phi) is 23.8. The molecule has 4 aromatic rings. The van der Waals surface area contributed by atoms with Crippen molar-refractivity contribution in [1.29, 1.82) is 0 Å². The summed E-state index contributed by atoms with van der Waals surface area (Å²) in [5, 5.41) is 0. The van der Waals surface area contributed by atoms with E-state index in [4.69, 9.17) is 0 Å². The first-order valence-electron chi connectivity index (χ1n) is 21.6. The number of nitrogens with zero attached hydrogens (tertiary/aromatic N) is 1. The first-order chi connectivity index (χ1) is 29.2. The van der Waals surface area contributed by atoms with Crippen molar-refractivity contribution in [2.45, 2.75) is 89.5 Å². The molecule has 1 aliphatic heterocycles. The van der Waals surface area contributed by atoms with Crippen LogP contribution in [0.4, 0.5) is 0 Å². The Morgan fingerprint density at radius 3 is 1.85 bits per heavy atom. The number of hydrogen-bond donors (Lipinski definition) is 0. The van der Waals surface area contributed by atoms with Crippen molar-refractivity contribution in [3.05, 3.63) is 210 Å². The van der Waals surface area contributed by atoms with Crippen molar-refractivity contribution in [1.82, 2.24) is 4.90 Å². The van der Waals surface area contributed by atoms with Gasteiger partial charge in [-0.05, 0) is 136 Å². The number of hydrogen-bond acceptors (Lipinski definition) is 1. The Hall–Kier alpha value is -6.18. The molecule has 0 fully saturated rings. The second-order valence-corrected chi connectivity index (χ2v) is 13.1. The Balaban J connectivity index is 0.00000212. The third-order valence-corrected chi connectivity index (χ3v) is 9.84. The summed E-state index contributed by atoms with van der Waals surface area (Å²) in [6.07, 6.45) is 28.0. The summed E-state index contributed by atoms with van der Waals surface area (Å²) in [4.78, 5) is 2.12. The summed E-state index contributed by atoms with van der Waals surface area (Å²) in [5.41, 5.74) is 20.2. The number of rotatable bonds is 12. The van der Waals surface area contributed by atoms with E-state index in [1.54, 1.807) is 0 Å². The number of benzene rings is 4. The average Bonchev–Trinajstić information content (AvgIpc) is 3.29. The van der Waals surface area contributed by atoms with Gasteiger partial charge in [0.15, 0.2) is 0 Å². The lowest BCUT2D eigenvalue weighted by Crippen LogP contribution is -2.11. The van der Waals surface area contributed by atoms with Gasteiger partial charge in [-0.25, -0.2) is 0 Å². The smallest absolute Gasteiger partial charge is 0.0378 e. The normalized spacial score (nSPS) is 12.0. The highest BCUT2D eigenvalue weighted by Gasteiger charge is 2.21. The maximum absolute atomic E-state index is 4.33. The lowest BCUT2D eigenvalue weighted by Gasteiger charge is -2.24. The van der Waals surface area contributed by atoms with Gasteiger partial charge in [0.2, 0.25) is 0 Å². The van der Waals surface area contributed by atoms with Gasteiger partial charge in [0, 0.05) is 18.1 Å². The molecule has 0 atom stereocenters. The molecule has 0 aliphatic carbocycles. The molecule has 1 heteroatoms. The van der Waals surface area contributed by atoms with Crippen LogP contribution in [0.5, 0.6) is 0 Å². The van der Waals surface area contributed by atoms with Gasteiger partial charge in [-0.1, -0.05) is 196 Å². The van der Waals surface area contributed by atoms with Crippen molar-refractivity contribution in [2.24, 2.45) is 0 Å². The minimum absolute atomic E-state index is 0.901. The summed E-state index contributed by atoms with van der Waals surface area (Å²) in [7, 11) is 0. The van der Waals surface area contributed by atoms with Gasteiger partial charge in [-0.2, -0.15) is 0 Å². The van der Waals surface area contributed by atoms with Gasteiger partial charge >= 0.3 is 0 Å². The molecule has 5 rings (SSSR count). The average molecular weight is 796 g/mol. The summed E-state index contributed by atoms with van der Waals surface area (Å²) < 4.78 is 0. The minimum Gasteiger partial charge on any atom is -0.324 e. The molecule has 314 valence electrons. The van der Waals surface area contributed by atoms with Crippen molar-refractivity contribution in [2.75, 3.05) is 0 Å². The Labute approximate surface area is 367 Å². The SMILES string of the molecule is C=C.C=C/C=C\c1ccc(-c2c(C=C)c(C)c(-c3ccc(/C(C)=C/N4C=C(c5cccc(C=C)c5/C=C\C)C=CC4=C)cc3)c(/C=C\C)c2CC)cc1C.CC.CC.CC. The number of aryl methyl sites for hydroxylation is 1. The fourth-order valence-electron chi connectivity index (χ4n) is 7.21. The lowest BCUT2D eigenvalue weighted by molar-refractivity contribution is 0.653. The second-order valence-electron chi connectivity index (χ2n) is 13.1. The fourth-order valence-corrected chi connectivity index (χ4v) is 7.21. The minimum atomic E-state index is 0.901. The Bertz CT molecular complexity index is 2240. The molecule has 1 nitrogen and oxygen atoms in total.